The summed E-state index contributed by atoms with van der Waals surface area (Å²) in [6, 6.07) is 0. The molecule has 11 heavy (non-hydrogen) atoms. The summed E-state index contributed by atoms with van der Waals surface area (Å²) in [4.78, 5) is 0. The normalized spacial score (nSPS) is 15.0. The van der Waals surface area contributed by atoms with E-state index in [0.717, 1.165) is 19.3 Å². The Bertz CT molecular complexity index is 99.7. The van der Waals surface area contributed by atoms with Gasteiger partial charge in [-0.1, -0.05) is 19.8 Å². The quantitative estimate of drug-likeness (QED) is 0.666. The van der Waals surface area contributed by atoms with Crippen LogP contribution in [0.15, 0.2) is 0 Å². The molecule has 0 amide bonds. The van der Waals surface area contributed by atoms with Crippen LogP contribution in [0.4, 0.5) is 0 Å². The first kappa shape index (κ1) is 10.9. The second-order valence-electron chi connectivity index (χ2n) is 3.47. The second-order valence-corrected chi connectivity index (χ2v) is 3.47. The molecule has 0 aromatic heterocycles. The smallest absolute Gasteiger partial charge is 0.0880 e. The number of aliphatic hydroxyl groups excluding tert-OH is 1. The maximum absolute atomic E-state index is 9.58. The van der Waals surface area contributed by atoms with Crippen LogP contribution in [0, 0.1) is 0 Å². The molecule has 0 fully saturated rings. The van der Waals surface area contributed by atoms with Crippen molar-refractivity contribution in [3.8, 4) is 0 Å². The van der Waals surface area contributed by atoms with Crippen LogP contribution in [0.3, 0.4) is 0 Å². The lowest BCUT2D eigenvalue weighted by Crippen LogP contribution is -2.37. The molecule has 0 aliphatic heterocycles. The number of hydrogen-bond donors (Lipinski definition) is 1. The molecular weight excluding hydrogens is 140 g/mol. The summed E-state index contributed by atoms with van der Waals surface area (Å²) < 4.78 is 5.15. The van der Waals surface area contributed by atoms with Crippen molar-refractivity contribution >= 4 is 0 Å². The number of ether oxygens (including phenoxy) is 1. The van der Waals surface area contributed by atoms with Crippen LogP contribution in [0.5, 0.6) is 0 Å². The lowest BCUT2D eigenvalue weighted by atomic mass is 9.97. The Labute approximate surface area is 69.6 Å². The van der Waals surface area contributed by atoms with Gasteiger partial charge in [0.15, 0.2) is 0 Å². The van der Waals surface area contributed by atoms with Crippen molar-refractivity contribution in [2.45, 2.75) is 51.7 Å². The zero-order valence-corrected chi connectivity index (χ0v) is 8.05. The van der Waals surface area contributed by atoms with Gasteiger partial charge >= 0.3 is 0 Å². The van der Waals surface area contributed by atoms with Crippen molar-refractivity contribution in [1.29, 1.82) is 0 Å². The summed E-state index contributed by atoms with van der Waals surface area (Å²) in [7, 11) is 1.63. The number of rotatable bonds is 5. The summed E-state index contributed by atoms with van der Waals surface area (Å²) in [6.45, 7) is 5.94. The molecule has 0 saturated heterocycles. The summed E-state index contributed by atoms with van der Waals surface area (Å²) in [5, 5.41) is 9.58. The highest BCUT2D eigenvalue weighted by Crippen LogP contribution is 2.17. The maximum Gasteiger partial charge on any atom is 0.0880 e. The molecule has 0 radical (unpaired) electrons. The molecule has 2 heteroatoms. The third-order valence-electron chi connectivity index (χ3n) is 2.16. The number of aliphatic hydroxyl groups is 1. The lowest BCUT2D eigenvalue weighted by Gasteiger charge is -2.28. The minimum Gasteiger partial charge on any atom is -0.390 e. The fourth-order valence-corrected chi connectivity index (χ4v) is 0.881. The fourth-order valence-electron chi connectivity index (χ4n) is 0.881. The monoisotopic (exact) mass is 160 g/mol. The van der Waals surface area contributed by atoms with E-state index < -0.39 is 5.60 Å². The van der Waals surface area contributed by atoms with E-state index in [0.29, 0.717) is 0 Å². The molecule has 0 aromatic carbocycles. The van der Waals surface area contributed by atoms with Gasteiger partial charge in [-0.05, 0) is 20.3 Å². The Morgan fingerprint density at radius 2 is 2.00 bits per heavy atom. The standard InChI is InChI=1S/C9H20O2/c1-5-6-7-8(10)9(2,3)11-4/h8,10H,5-7H2,1-4H3. The van der Waals surface area contributed by atoms with Crippen LogP contribution in [0.1, 0.15) is 40.0 Å². The van der Waals surface area contributed by atoms with Gasteiger partial charge in [-0.15, -0.1) is 0 Å². The Kier molecular flexibility index (Phi) is 4.69. The summed E-state index contributed by atoms with van der Waals surface area (Å²) >= 11 is 0. The summed E-state index contributed by atoms with van der Waals surface area (Å²) in [5.74, 6) is 0. The Morgan fingerprint density at radius 1 is 1.45 bits per heavy atom. The zero-order valence-electron chi connectivity index (χ0n) is 8.05. The van der Waals surface area contributed by atoms with Crippen molar-refractivity contribution in [3.05, 3.63) is 0 Å². The molecule has 0 aliphatic rings. The molecule has 68 valence electrons. The zero-order chi connectivity index (χ0) is 8.91. The average molecular weight is 160 g/mol. The van der Waals surface area contributed by atoms with Gasteiger partial charge in [0.2, 0.25) is 0 Å². The van der Waals surface area contributed by atoms with E-state index in [2.05, 4.69) is 6.92 Å². The molecule has 0 rings (SSSR count). The molecule has 0 aliphatic carbocycles. The maximum atomic E-state index is 9.58. The highest BCUT2D eigenvalue weighted by molar-refractivity contribution is 4.77. The first-order valence-corrected chi connectivity index (χ1v) is 4.27. The van der Waals surface area contributed by atoms with Gasteiger partial charge in [-0.3, -0.25) is 0 Å². The molecule has 1 unspecified atom stereocenters. The molecule has 0 heterocycles. The van der Waals surface area contributed by atoms with Crippen LogP contribution in [0.25, 0.3) is 0 Å². The van der Waals surface area contributed by atoms with E-state index in [4.69, 9.17) is 4.74 Å². The minimum atomic E-state index is -0.394. The molecule has 1 atom stereocenters. The molecule has 0 aromatic rings. The van der Waals surface area contributed by atoms with Crippen LogP contribution >= 0.6 is 0 Å². The lowest BCUT2D eigenvalue weighted by molar-refractivity contribution is -0.0806. The highest BCUT2D eigenvalue weighted by atomic mass is 16.5. The van der Waals surface area contributed by atoms with E-state index in [1.807, 2.05) is 13.8 Å². The van der Waals surface area contributed by atoms with E-state index >= 15 is 0 Å². The molecule has 2 nitrogen and oxygen atoms in total. The van der Waals surface area contributed by atoms with Crippen LogP contribution in [-0.2, 0) is 4.74 Å². The van der Waals surface area contributed by atoms with Gasteiger partial charge in [0.1, 0.15) is 0 Å². The van der Waals surface area contributed by atoms with Gasteiger partial charge in [0.05, 0.1) is 11.7 Å². The third-order valence-corrected chi connectivity index (χ3v) is 2.16. The van der Waals surface area contributed by atoms with Crippen molar-refractivity contribution in [2.24, 2.45) is 0 Å². The van der Waals surface area contributed by atoms with E-state index in [1.54, 1.807) is 7.11 Å². The topological polar surface area (TPSA) is 29.5 Å². The van der Waals surface area contributed by atoms with Crippen molar-refractivity contribution < 1.29 is 9.84 Å². The first-order valence-electron chi connectivity index (χ1n) is 4.27. The molecule has 0 bridgehead atoms. The van der Waals surface area contributed by atoms with Gasteiger partial charge in [0, 0.05) is 7.11 Å². The number of hydrogen-bond acceptors (Lipinski definition) is 2. The van der Waals surface area contributed by atoms with Crippen LogP contribution < -0.4 is 0 Å². The predicted molar refractivity (Wildman–Crippen MR) is 46.6 cm³/mol. The SMILES string of the molecule is CCCCC(O)C(C)(C)OC. The predicted octanol–water partition coefficient (Wildman–Crippen LogP) is 1.96. The largest absolute Gasteiger partial charge is 0.390 e. The summed E-state index contributed by atoms with van der Waals surface area (Å²) in [5.41, 5.74) is -0.394. The molecule has 1 N–H and O–H groups in total. The highest BCUT2D eigenvalue weighted by Gasteiger charge is 2.26. The molecule has 0 spiro atoms. The van der Waals surface area contributed by atoms with Crippen molar-refractivity contribution in [1.82, 2.24) is 0 Å². The average Bonchev–Trinajstić information content (AvgIpc) is 2.00. The van der Waals surface area contributed by atoms with Gasteiger partial charge < -0.3 is 9.84 Å². The second kappa shape index (κ2) is 4.73. The van der Waals surface area contributed by atoms with Crippen molar-refractivity contribution in [3.63, 3.8) is 0 Å². The summed E-state index contributed by atoms with van der Waals surface area (Å²) in [6.07, 6.45) is 2.68. The fraction of sp³-hybridized carbons (Fsp3) is 1.00. The number of unbranched alkanes of at least 4 members (excludes halogenated alkanes) is 1. The minimum absolute atomic E-state index is 0.340. The van der Waals surface area contributed by atoms with Crippen LogP contribution in [0.2, 0.25) is 0 Å². The first-order chi connectivity index (χ1) is 5.04. The van der Waals surface area contributed by atoms with E-state index in [-0.39, 0.29) is 6.10 Å². The Morgan fingerprint density at radius 3 is 2.36 bits per heavy atom. The Balaban J connectivity index is 3.71. The van der Waals surface area contributed by atoms with Crippen LogP contribution in [-0.4, -0.2) is 23.9 Å². The third kappa shape index (κ3) is 3.73. The number of methoxy groups -OCH3 is 1. The van der Waals surface area contributed by atoms with Gasteiger partial charge in [-0.2, -0.15) is 0 Å². The van der Waals surface area contributed by atoms with E-state index in [1.165, 1.54) is 0 Å². The van der Waals surface area contributed by atoms with Gasteiger partial charge in [0.25, 0.3) is 0 Å². The van der Waals surface area contributed by atoms with Crippen molar-refractivity contribution in [2.75, 3.05) is 7.11 Å². The molecule has 0 saturated carbocycles. The van der Waals surface area contributed by atoms with Gasteiger partial charge in [-0.25, -0.2) is 0 Å². The van der Waals surface area contributed by atoms with E-state index in [9.17, 15) is 5.11 Å². The Hall–Kier alpha value is -0.0800. The molecular formula is C9H20O2.